The molecule has 8 heavy (non-hydrogen) atoms. The first-order valence-electron chi connectivity index (χ1n) is 0.698. The molecular weight excluding hydrogens is 264 g/mol. The molecule has 2 N–H and O–H groups in total. The molecule has 0 fully saturated rings. The third-order valence-electron chi connectivity index (χ3n) is 0. The van der Waals surface area contributed by atoms with Crippen molar-refractivity contribution in [3.63, 3.8) is 0 Å². The molecule has 0 saturated heterocycles. The largest absolute Gasteiger partial charge is 0.394 e. The van der Waals surface area contributed by atoms with E-state index in [2.05, 4.69) is 0 Å². The second kappa shape index (κ2) is 8.43. The summed E-state index contributed by atoms with van der Waals surface area (Å²) in [6.45, 7) is 0. The number of hydrogen-bond donors (Lipinski definition) is 2. The second-order valence-corrected chi connectivity index (χ2v) is 1.34. The Balaban J connectivity index is -0.0000000267. The predicted octanol–water partition coefficient (Wildman–Crippen LogP) is -0.660. The van der Waals surface area contributed by atoms with Crippen LogP contribution in [-0.4, -0.2) is 17.5 Å². The maximum Gasteiger partial charge on any atom is 0.394 e. The monoisotopic (exact) mass is 266 g/mol. The SMILES string of the molecule is O=S(=O)(O)O.[Fe].[Fe].[Fe]. The average Bonchev–Trinajstić information content (AvgIpc) is 0.722. The summed E-state index contributed by atoms with van der Waals surface area (Å²) in [6, 6.07) is 0. The first kappa shape index (κ1) is 22.7. The summed E-state index contributed by atoms with van der Waals surface area (Å²) in [4.78, 5) is 0. The van der Waals surface area contributed by atoms with Gasteiger partial charge in [-0.05, 0) is 0 Å². The number of hydrogen-bond acceptors (Lipinski definition) is 2. The van der Waals surface area contributed by atoms with Crippen LogP contribution in [0.4, 0.5) is 0 Å². The van der Waals surface area contributed by atoms with Crippen molar-refractivity contribution in [3.8, 4) is 0 Å². The Morgan fingerprint density at radius 1 is 0.875 bits per heavy atom. The van der Waals surface area contributed by atoms with Crippen molar-refractivity contribution in [2.24, 2.45) is 0 Å². The van der Waals surface area contributed by atoms with Gasteiger partial charge in [-0.1, -0.05) is 0 Å². The smallest absolute Gasteiger partial charge is 0.264 e. The molecule has 0 aliphatic rings. The van der Waals surface area contributed by atoms with Gasteiger partial charge in [0.1, 0.15) is 0 Å². The maximum atomic E-state index is 8.74. The van der Waals surface area contributed by atoms with Gasteiger partial charge < -0.3 is 0 Å². The minimum Gasteiger partial charge on any atom is -0.264 e. The molecule has 0 aliphatic heterocycles. The van der Waals surface area contributed by atoms with Crippen LogP contribution in [0.15, 0.2) is 0 Å². The van der Waals surface area contributed by atoms with E-state index in [4.69, 9.17) is 17.5 Å². The molecule has 0 rings (SSSR count). The molecule has 0 aromatic carbocycles. The Labute approximate surface area is 78.8 Å². The topological polar surface area (TPSA) is 74.6 Å². The van der Waals surface area contributed by atoms with Gasteiger partial charge in [0.05, 0.1) is 0 Å². The summed E-state index contributed by atoms with van der Waals surface area (Å²) >= 11 is 0. The molecular formula is H2Fe3O4S. The molecule has 56 valence electrons. The molecule has 0 atom stereocenters. The standard InChI is InChI=1S/3Fe.H2O4S/c;;;1-5(2,3)4/h;;;(H2,1,2,3,4). The summed E-state index contributed by atoms with van der Waals surface area (Å²) in [5, 5.41) is 0. The molecule has 4 nitrogen and oxygen atoms in total. The van der Waals surface area contributed by atoms with Crippen LogP contribution in [0.5, 0.6) is 0 Å². The van der Waals surface area contributed by atoms with Gasteiger partial charge in [0.2, 0.25) is 0 Å². The van der Waals surface area contributed by atoms with Crippen LogP contribution in [0.3, 0.4) is 0 Å². The first-order valence-corrected chi connectivity index (χ1v) is 2.10. The van der Waals surface area contributed by atoms with Gasteiger partial charge in [0.25, 0.3) is 0 Å². The van der Waals surface area contributed by atoms with Gasteiger partial charge >= 0.3 is 10.4 Å². The first-order chi connectivity index (χ1) is 2.00. The Kier molecular flexibility index (Phi) is 23.9. The summed E-state index contributed by atoms with van der Waals surface area (Å²) in [6.07, 6.45) is 0. The molecule has 0 unspecified atom stereocenters. The van der Waals surface area contributed by atoms with Crippen LogP contribution in [0.25, 0.3) is 0 Å². The van der Waals surface area contributed by atoms with Gasteiger partial charge in [-0.3, -0.25) is 9.11 Å². The van der Waals surface area contributed by atoms with Gasteiger partial charge in [-0.2, -0.15) is 8.42 Å². The molecule has 0 aliphatic carbocycles. The summed E-state index contributed by atoms with van der Waals surface area (Å²) in [5.74, 6) is 0. The van der Waals surface area contributed by atoms with Gasteiger partial charge in [0, 0.05) is 51.2 Å². The third-order valence-corrected chi connectivity index (χ3v) is 0. The quantitative estimate of drug-likeness (QED) is 0.450. The minimum atomic E-state index is -4.67. The van der Waals surface area contributed by atoms with Crippen molar-refractivity contribution in [1.82, 2.24) is 0 Å². The minimum absolute atomic E-state index is 0. The van der Waals surface area contributed by atoms with Crippen molar-refractivity contribution >= 4 is 10.4 Å². The number of rotatable bonds is 0. The fourth-order valence-corrected chi connectivity index (χ4v) is 0. The van der Waals surface area contributed by atoms with Crippen LogP contribution >= 0.6 is 0 Å². The van der Waals surface area contributed by atoms with Gasteiger partial charge in [0.15, 0.2) is 0 Å². The van der Waals surface area contributed by atoms with Crippen LogP contribution in [0.1, 0.15) is 0 Å². The van der Waals surface area contributed by atoms with Gasteiger partial charge in [-0.25, -0.2) is 0 Å². The van der Waals surface area contributed by atoms with Crippen molar-refractivity contribution in [2.75, 3.05) is 0 Å². The van der Waals surface area contributed by atoms with E-state index >= 15 is 0 Å². The Morgan fingerprint density at radius 2 is 0.875 bits per heavy atom. The molecule has 0 saturated carbocycles. The van der Waals surface area contributed by atoms with Crippen molar-refractivity contribution < 1.29 is 68.7 Å². The normalized spacial score (nSPS) is 7.25. The van der Waals surface area contributed by atoms with Crippen molar-refractivity contribution in [2.45, 2.75) is 0 Å². The van der Waals surface area contributed by atoms with E-state index in [0.29, 0.717) is 0 Å². The van der Waals surface area contributed by atoms with E-state index in [1.54, 1.807) is 0 Å². The molecule has 0 radical (unpaired) electrons. The Hall–Kier alpha value is 1.43. The molecule has 0 aromatic heterocycles. The second-order valence-electron chi connectivity index (χ2n) is 0.448. The summed E-state index contributed by atoms with van der Waals surface area (Å²) < 4.78 is 31.6. The summed E-state index contributed by atoms with van der Waals surface area (Å²) in [5.41, 5.74) is 0. The van der Waals surface area contributed by atoms with Crippen LogP contribution < -0.4 is 0 Å². The Morgan fingerprint density at radius 3 is 0.875 bits per heavy atom. The fraction of sp³-hybridized carbons (Fsp3) is 0. The van der Waals surface area contributed by atoms with E-state index < -0.39 is 10.4 Å². The Bertz CT molecular complexity index is 94.5. The zero-order valence-electron chi connectivity index (χ0n) is 3.18. The molecule has 0 heterocycles. The van der Waals surface area contributed by atoms with Crippen molar-refractivity contribution in [3.05, 3.63) is 0 Å². The van der Waals surface area contributed by atoms with E-state index in [1.807, 2.05) is 0 Å². The zero-order valence-corrected chi connectivity index (χ0v) is 7.31. The van der Waals surface area contributed by atoms with Crippen LogP contribution in [0, 0.1) is 0 Å². The van der Waals surface area contributed by atoms with E-state index in [-0.39, 0.29) is 51.2 Å². The van der Waals surface area contributed by atoms with E-state index in [9.17, 15) is 0 Å². The fourth-order valence-electron chi connectivity index (χ4n) is 0. The zero-order chi connectivity index (χ0) is 4.50. The predicted molar refractivity (Wildman–Crippen MR) is 14.2 cm³/mol. The van der Waals surface area contributed by atoms with Crippen molar-refractivity contribution in [1.29, 1.82) is 0 Å². The molecule has 0 bridgehead atoms. The molecule has 0 aromatic rings. The molecule has 0 amide bonds. The molecule has 0 spiro atoms. The van der Waals surface area contributed by atoms with E-state index in [0.717, 1.165) is 0 Å². The van der Waals surface area contributed by atoms with E-state index in [1.165, 1.54) is 0 Å². The maximum absolute atomic E-state index is 8.74. The molecule has 8 heteroatoms. The van der Waals surface area contributed by atoms with Crippen LogP contribution in [0.2, 0.25) is 0 Å². The van der Waals surface area contributed by atoms with Gasteiger partial charge in [-0.15, -0.1) is 0 Å². The average molecular weight is 266 g/mol. The van der Waals surface area contributed by atoms with Crippen LogP contribution in [-0.2, 0) is 61.6 Å². The third kappa shape index (κ3) is 150. The summed E-state index contributed by atoms with van der Waals surface area (Å²) in [7, 11) is -4.67.